The number of carbonyl (C=O) groups is 2. The van der Waals surface area contributed by atoms with E-state index >= 15 is 4.39 Å². The van der Waals surface area contributed by atoms with Crippen LogP contribution in [-0.4, -0.2) is 76.1 Å². The molecular weight excluding hydrogens is 692 g/mol. The minimum absolute atomic E-state index is 0.0324. The third kappa shape index (κ3) is 6.14. The highest BCUT2D eigenvalue weighted by Gasteiger charge is 2.70. The van der Waals surface area contributed by atoms with Crippen molar-refractivity contribution < 1.29 is 31.9 Å². The van der Waals surface area contributed by atoms with Gasteiger partial charge in [-0.3, -0.25) is 9.59 Å². The van der Waals surface area contributed by atoms with Crippen molar-refractivity contribution in [1.82, 2.24) is 10.2 Å². The highest BCUT2D eigenvalue weighted by Crippen LogP contribution is 2.76. The minimum atomic E-state index is -2.92. The number of nitrogens with one attached hydrogen (secondary N) is 1. The van der Waals surface area contributed by atoms with Gasteiger partial charge in [-0.2, -0.15) is 0 Å². The summed E-state index contributed by atoms with van der Waals surface area (Å²) in [5.41, 5.74) is 2.20. The third-order valence-electron chi connectivity index (χ3n) is 17.0. The Hall–Kier alpha value is -2.30. The van der Waals surface area contributed by atoms with Crippen LogP contribution in [0.5, 0.6) is 5.75 Å². The highest BCUT2D eigenvalue weighted by atomic mass is 32.2. The third-order valence-corrected chi connectivity index (χ3v) is 18.6. The van der Waals surface area contributed by atoms with Gasteiger partial charge in [-0.1, -0.05) is 53.7 Å². The number of hydrogen-bond donors (Lipinski definition) is 1. The number of fused-ring (bicyclic) bond motifs is 7. The van der Waals surface area contributed by atoms with Crippen LogP contribution in [0.3, 0.4) is 0 Å². The molecule has 1 heterocycles. The van der Waals surface area contributed by atoms with Gasteiger partial charge in [0.25, 0.3) is 6.47 Å². The van der Waals surface area contributed by atoms with Crippen LogP contribution in [0.25, 0.3) is 5.57 Å². The summed E-state index contributed by atoms with van der Waals surface area (Å²) in [5.74, 6) is 1.78. The first-order chi connectivity index (χ1) is 25.0. The summed E-state index contributed by atoms with van der Waals surface area (Å²) in [4.78, 5) is 26.4. The molecule has 7 rings (SSSR count). The van der Waals surface area contributed by atoms with E-state index in [-0.39, 0.29) is 68.7 Å². The van der Waals surface area contributed by atoms with E-state index in [0.29, 0.717) is 36.8 Å². The number of ether oxygens (including phenoxy) is 2. The van der Waals surface area contributed by atoms with Crippen LogP contribution < -0.4 is 10.1 Å². The summed E-state index contributed by atoms with van der Waals surface area (Å²) in [6.07, 6.45) is 12.3. The number of allylic oxidation sites excluding steroid dienone is 2. The highest BCUT2D eigenvalue weighted by molar-refractivity contribution is 7.91. The maximum Gasteiger partial charge on any atom is 0.308 e. The molecule has 4 saturated carbocycles. The number of halogens is 1. The summed E-state index contributed by atoms with van der Waals surface area (Å²) in [5, 5.41) is 4.14. The number of carbonyl (C=O) groups excluding carboxylic acids is 2. The molecule has 5 fully saturated rings. The minimum Gasteiger partial charge on any atom is -0.469 e. The molecule has 1 aliphatic heterocycles. The van der Waals surface area contributed by atoms with Gasteiger partial charge in [0.2, 0.25) is 0 Å². The number of hydrogen-bond acceptors (Lipinski definition) is 8. The monoisotopic (exact) mass is 754 g/mol. The number of benzene rings is 1. The lowest BCUT2D eigenvalue weighted by atomic mass is 9.33. The Morgan fingerprint density at radius 1 is 1.00 bits per heavy atom. The lowest BCUT2D eigenvalue weighted by Gasteiger charge is -2.72. The zero-order valence-electron chi connectivity index (χ0n) is 33.1. The maximum atomic E-state index is 15.0. The molecule has 10 atom stereocenters. The molecule has 8 nitrogen and oxygen atoms in total. The van der Waals surface area contributed by atoms with Gasteiger partial charge < -0.3 is 19.7 Å². The Morgan fingerprint density at radius 2 is 1.74 bits per heavy atom. The summed E-state index contributed by atoms with van der Waals surface area (Å²) in [7, 11) is -1.39. The van der Waals surface area contributed by atoms with Gasteiger partial charge >= 0.3 is 5.97 Å². The van der Waals surface area contributed by atoms with Crippen molar-refractivity contribution >= 4 is 27.9 Å². The average molecular weight is 755 g/mol. The number of esters is 1. The largest absolute Gasteiger partial charge is 0.469 e. The smallest absolute Gasteiger partial charge is 0.308 e. The van der Waals surface area contributed by atoms with E-state index in [1.54, 1.807) is 6.07 Å². The zero-order chi connectivity index (χ0) is 38.2. The Labute approximate surface area is 317 Å². The first kappa shape index (κ1) is 39.0. The van der Waals surface area contributed by atoms with Crippen LogP contribution in [0.15, 0.2) is 24.3 Å². The molecule has 1 aromatic carbocycles. The van der Waals surface area contributed by atoms with Crippen molar-refractivity contribution in [3.05, 3.63) is 35.7 Å². The van der Waals surface area contributed by atoms with Crippen LogP contribution in [0.2, 0.25) is 0 Å². The summed E-state index contributed by atoms with van der Waals surface area (Å²) in [6, 6.07) is 4.99. The number of nitrogens with zero attached hydrogens (tertiary/aromatic N) is 1. The van der Waals surface area contributed by atoms with Crippen molar-refractivity contribution in [2.75, 3.05) is 44.8 Å². The zero-order valence-corrected chi connectivity index (χ0v) is 34.0. The lowest BCUT2D eigenvalue weighted by Crippen LogP contribution is -2.68. The van der Waals surface area contributed by atoms with E-state index in [0.717, 1.165) is 70.0 Å². The van der Waals surface area contributed by atoms with E-state index in [1.165, 1.54) is 25.2 Å². The molecule has 1 saturated heterocycles. The van der Waals surface area contributed by atoms with E-state index in [2.05, 4.69) is 57.8 Å². The van der Waals surface area contributed by atoms with Crippen molar-refractivity contribution in [1.29, 1.82) is 0 Å². The summed E-state index contributed by atoms with van der Waals surface area (Å²) < 4.78 is 49.4. The first-order valence-electron chi connectivity index (χ1n) is 20.3. The molecule has 5 aliphatic carbocycles. The predicted octanol–water partition coefficient (Wildman–Crippen LogP) is 7.32. The second kappa shape index (κ2) is 13.7. The summed E-state index contributed by atoms with van der Waals surface area (Å²) >= 11 is 0. The number of rotatable bonds is 9. The van der Waals surface area contributed by atoms with Crippen molar-refractivity contribution in [3.63, 3.8) is 0 Å². The van der Waals surface area contributed by atoms with Crippen LogP contribution in [0.1, 0.15) is 105 Å². The normalized spacial score (nSPS) is 40.8. The van der Waals surface area contributed by atoms with Gasteiger partial charge in [0.05, 0.1) is 24.5 Å². The second-order valence-corrected chi connectivity index (χ2v) is 21.5. The summed E-state index contributed by atoms with van der Waals surface area (Å²) in [6.45, 7) is 17.7. The van der Waals surface area contributed by atoms with Crippen LogP contribution in [0.4, 0.5) is 4.39 Å². The van der Waals surface area contributed by atoms with Gasteiger partial charge in [-0.05, 0) is 132 Å². The van der Waals surface area contributed by atoms with E-state index < -0.39 is 15.7 Å². The molecule has 0 aromatic heterocycles. The average Bonchev–Trinajstić information content (AvgIpc) is 3.49. The van der Waals surface area contributed by atoms with E-state index in [4.69, 9.17) is 9.47 Å². The predicted molar refractivity (Wildman–Crippen MR) is 205 cm³/mol. The Kier molecular flexibility index (Phi) is 10.1. The Bertz CT molecular complexity index is 1730. The van der Waals surface area contributed by atoms with Crippen molar-refractivity contribution in [3.8, 4) is 5.75 Å². The molecule has 1 unspecified atom stereocenters. The molecule has 294 valence electrons. The molecule has 1 N–H and O–H groups in total. The second-order valence-electron chi connectivity index (χ2n) is 19.2. The van der Waals surface area contributed by atoms with Crippen molar-refractivity contribution in [2.24, 2.45) is 57.2 Å². The van der Waals surface area contributed by atoms with Gasteiger partial charge in [-0.25, -0.2) is 12.8 Å². The van der Waals surface area contributed by atoms with Crippen molar-refractivity contribution in [2.45, 2.75) is 105 Å². The number of sulfone groups is 1. The quantitative estimate of drug-likeness (QED) is 0.207. The molecular formula is C43H63FN2O6S. The molecule has 0 amide bonds. The van der Waals surface area contributed by atoms with Gasteiger partial charge in [0.1, 0.15) is 0 Å². The Balaban J connectivity index is 1.17. The molecule has 10 heteroatoms. The molecule has 53 heavy (non-hydrogen) atoms. The first-order valence-corrected chi connectivity index (χ1v) is 22.1. The molecule has 6 aliphatic rings. The topological polar surface area (TPSA) is 102 Å². The number of methoxy groups -OCH3 is 1. The fraction of sp³-hybridized carbons (Fsp3) is 0.767. The maximum absolute atomic E-state index is 15.0. The lowest BCUT2D eigenvalue weighted by molar-refractivity contribution is -0.222. The Morgan fingerprint density at radius 3 is 2.42 bits per heavy atom. The standard InChI is InChI=1S/C43H63FN2O6S/c1-28(38(48)51-7)30-12-17-43(45-20-21-46-22-24-53(49,50)25-23-46)19-18-41(5)32(37(30)43)9-11-36-40(4)15-13-31(29-8-10-34(52-27-47)33(44)26-29)39(2,3)35(40)14-16-42(36,41)6/h8,10,13,26-28,30,32,35-37,45H,9,11-12,14-25H2,1-7H3/t28?,30-,32+,35-,36+,37+,40-,41+,42+,43-/m0/s1. The molecule has 1 aromatic rings. The van der Waals surface area contributed by atoms with Crippen LogP contribution >= 0.6 is 0 Å². The molecule has 0 bridgehead atoms. The van der Waals surface area contributed by atoms with E-state index in [1.807, 2.05) is 6.07 Å². The molecule has 0 radical (unpaired) electrons. The van der Waals surface area contributed by atoms with Gasteiger partial charge in [0.15, 0.2) is 21.4 Å². The van der Waals surface area contributed by atoms with E-state index in [9.17, 15) is 18.0 Å². The fourth-order valence-corrected chi connectivity index (χ4v) is 15.5. The SMILES string of the molecule is COC(=O)C(C)[C@@H]1CC[C@]2(NCCN3CCS(=O)(=O)CC3)CC[C@]3(C)[C@H](CC[C@@H]4[C@@]5(C)CC=C(c6ccc(OC=O)c(F)c6)C(C)(C)[C@@H]5CC[C@]43C)[C@@H]12. The van der Waals surface area contributed by atoms with Crippen LogP contribution in [0, 0.1) is 63.0 Å². The molecule has 0 spiro atoms. The van der Waals surface area contributed by atoms with Gasteiger partial charge in [0, 0.05) is 31.7 Å². The van der Waals surface area contributed by atoms with Gasteiger partial charge in [-0.15, -0.1) is 0 Å². The fourth-order valence-electron chi connectivity index (χ4n) is 14.2. The van der Waals surface area contributed by atoms with Crippen LogP contribution in [-0.2, 0) is 24.2 Å².